The van der Waals surface area contributed by atoms with Crippen LogP contribution in [0.4, 0.5) is 16.2 Å². The number of amides is 1. The van der Waals surface area contributed by atoms with Crippen LogP contribution in [0.2, 0.25) is 0 Å². The van der Waals surface area contributed by atoms with Gasteiger partial charge in [0.1, 0.15) is 0 Å². The lowest BCUT2D eigenvalue weighted by Gasteiger charge is -2.35. The van der Waals surface area contributed by atoms with Crippen LogP contribution in [-0.4, -0.2) is 54.3 Å². The summed E-state index contributed by atoms with van der Waals surface area (Å²) in [7, 11) is 1.35. The van der Waals surface area contributed by atoms with E-state index in [2.05, 4.69) is 4.74 Å². The predicted molar refractivity (Wildman–Crippen MR) is 75.2 cm³/mol. The van der Waals surface area contributed by atoms with E-state index in [9.17, 15) is 20.0 Å². The van der Waals surface area contributed by atoms with Gasteiger partial charge in [-0.1, -0.05) is 0 Å². The Labute approximate surface area is 121 Å². The first-order valence-corrected chi connectivity index (χ1v) is 6.53. The highest BCUT2D eigenvalue weighted by Crippen LogP contribution is 2.25. The number of aliphatic hydroxyl groups excluding tert-OH is 1. The number of nitro benzene ring substituents is 1. The first-order valence-electron chi connectivity index (χ1n) is 6.53. The summed E-state index contributed by atoms with van der Waals surface area (Å²) in [5.74, 6) is 0. The fourth-order valence-electron chi connectivity index (χ4n) is 2.35. The molecule has 1 heterocycles. The van der Waals surface area contributed by atoms with Crippen molar-refractivity contribution in [2.75, 3.05) is 38.2 Å². The van der Waals surface area contributed by atoms with E-state index in [-0.39, 0.29) is 24.0 Å². The second kappa shape index (κ2) is 6.40. The summed E-state index contributed by atoms with van der Waals surface area (Å²) < 4.78 is 4.67. The van der Waals surface area contributed by atoms with Crippen LogP contribution in [0.15, 0.2) is 18.2 Å². The van der Waals surface area contributed by atoms with Crippen molar-refractivity contribution in [1.29, 1.82) is 0 Å². The van der Waals surface area contributed by atoms with Crippen molar-refractivity contribution in [3.05, 3.63) is 33.9 Å². The molecule has 8 heteroatoms. The van der Waals surface area contributed by atoms with E-state index in [1.54, 1.807) is 17.0 Å². The fraction of sp³-hybridized carbons (Fsp3) is 0.462. The standard InChI is InChI=1S/C13H17N3O5/c1-21-13(18)15-6-4-14(5-7-15)11-2-3-12(16(19)20)10(8-11)9-17/h2-3,8,17H,4-7,9H2,1H3. The molecule has 0 unspecified atom stereocenters. The molecule has 8 nitrogen and oxygen atoms in total. The van der Waals surface area contributed by atoms with Crippen molar-refractivity contribution < 1.29 is 19.6 Å². The van der Waals surface area contributed by atoms with E-state index in [0.717, 1.165) is 5.69 Å². The number of carbonyl (C=O) groups is 1. The highest BCUT2D eigenvalue weighted by atomic mass is 16.6. The molecular weight excluding hydrogens is 278 g/mol. The number of nitro groups is 1. The molecule has 1 fully saturated rings. The van der Waals surface area contributed by atoms with Crippen molar-refractivity contribution in [2.24, 2.45) is 0 Å². The molecule has 0 bridgehead atoms. The Morgan fingerprint density at radius 2 is 2.05 bits per heavy atom. The van der Waals surface area contributed by atoms with Crippen LogP contribution in [-0.2, 0) is 11.3 Å². The Balaban J connectivity index is 2.10. The molecule has 1 amide bonds. The average Bonchev–Trinajstić information content (AvgIpc) is 2.53. The molecule has 2 rings (SSSR count). The zero-order chi connectivity index (χ0) is 15.4. The average molecular weight is 295 g/mol. The number of benzene rings is 1. The lowest BCUT2D eigenvalue weighted by molar-refractivity contribution is -0.385. The van der Waals surface area contributed by atoms with Crippen molar-refractivity contribution in [2.45, 2.75) is 6.61 Å². The van der Waals surface area contributed by atoms with Gasteiger partial charge < -0.3 is 19.6 Å². The molecule has 1 aromatic rings. The van der Waals surface area contributed by atoms with Gasteiger partial charge in [-0.2, -0.15) is 0 Å². The summed E-state index contributed by atoms with van der Waals surface area (Å²) in [5, 5.41) is 20.1. The van der Waals surface area contributed by atoms with E-state index in [4.69, 9.17) is 0 Å². The Kier molecular flexibility index (Phi) is 4.59. The van der Waals surface area contributed by atoms with Gasteiger partial charge in [0.25, 0.3) is 5.69 Å². The number of rotatable bonds is 3. The van der Waals surface area contributed by atoms with Crippen LogP contribution in [0.25, 0.3) is 0 Å². The lowest BCUT2D eigenvalue weighted by atomic mass is 10.1. The highest BCUT2D eigenvalue weighted by molar-refractivity contribution is 5.68. The lowest BCUT2D eigenvalue weighted by Crippen LogP contribution is -2.48. The Morgan fingerprint density at radius 3 is 2.57 bits per heavy atom. The summed E-state index contributed by atoms with van der Waals surface area (Å²) >= 11 is 0. The minimum Gasteiger partial charge on any atom is -0.453 e. The van der Waals surface area contributed by atoms with Crippen molar-refractivity contribution in [1.82, 2.24) is 4.90 Å². The van der Waals surface area contributed by atoms with Gasteiger partial charge in [0.15, 0.2) is 0 Å². The van der Waals surface area contributed by atoms with E-state index in [0.29, 0.717) is 26.2 Å². The van der Waals surface area contributed by atoms with E-state index in [1.165, 1.54) is 13.2 Å². The topological polar surface area (TPSA) is 96.2 Å². The number of nitrogens with zero attached hydrogens (tertiary/aromatic N) is 3. The van der Waals surface area contributed by atoms with Crippen LogP contribution in [0.3, 0.4) is 0 Å². The maximum atomic E-state index is 11.4. The molecule has 0 radical (unpaired) electrons. The smallest absolute Gasteiger partial charge is 0.409 e. The number of ether oxygens (including phenoxy) is 1. The summed E-state index contributed by atoms with van der Waals surface area (Å²) in [4.78, 5) is 25.4. The largest absolute Gasteiger partial charge is 0.453 e. The number of methoxy groups -OCH3 is 1. The first kappa shape index (κ1) is 15.0. The van der Waals surface area contributed by atoms with Crippen LogP contribution >= 0.6 is 0 Å². The maximum absolute atomic E-state index is 11.4. The summed E-state index contributed by atoms with van der Waals surface area (Å²) in [6.07, 6.45) is -0.352. The van der Waals surface area contributed by atoms with E-state index >= 15 is 0 Å². The molecule has 0 aliphatic carbocycles. The second-order valence-corrected chi connectivity index (χ2v) is 4.67. The van der Waals surface area contributed by atoms with Crippen LogP contribution in [0.1, 0.15) is 5.56 Å². The van der Waals surface area contributed by atoms with Gasteiger partial charge >= 0.3 is 6.09 Å². The Bertz CT molecular complexity index is 541. The van der Waals surface area contributed by atoms with Gasteiger partial charge in [0, 0.05) is 37.9 Å². The number of piperazine rings is 1. The fourth-order valence-corrected chi connectivity index (χ4v) is 2.35. The van der Waals surface area contributed by atoms with Gasteiger partial charge in [-0.05, 0) is 12.1 Å². The molecule has 114 valence electrons. The first-order chi connectivity index (χ1) is 10.1. The minimum absolute atomic E-state index is 0.0885. The number of anilines is 1. The molecule has 1 saturated heterocycles. The molecule has 0 atom stereocenters. The van der Waals surface area contributed by atoms with Crippen LogP contribution < -0.4 is 4.90 Å². The molecule has 0 saturated carbocycles. The van der Waals surface area contributed by atoms with E-state index in [1.807, 2.05) is 4.90 Å². The zero-order valence-corrected chi connectivity index (χ0v) is 11.7. The molecule has 1 aliphatic heterocycles. The van der Waals surface area contributed by atoms with Gasteiger partial charge in [-0.15, -0.1) is 0 Å². The number of hydrogen-bond acceptors (Lipinski definition) is 6. The quantitative estimate of drug-likeness (QED) is 0.659. The monoisotopic (exact) mass is 295 g/mol. The van der Waals surface area contributed by atoms with Crippen LogP contribution in [0.5, 0.6) is 0 Å². The second-order valence-electron chi connectivity index (χ2n) is 4.67. The van der Waals surface area contributed by atoms with Gasteiger partial charge in [-0.3, -0.25) is 10.1 Å². The predicted octanol–water partition coefficient (Wildman–Crippen LogP) is 0.976. The number of carbonyl (C=O) groups excluding carboxylic acids is 1. The van der Waals surface area contributed by atoms with Gasteiger partial charge in [-0.25, -0.2) is 4.79 Å². The normalized spacial score (nSPS) is 15.0. The van der Waals surface area contributed by atoms with Crippen LogP contribution in [0, 0.1) is 10.1 Å². The van der Waals surface area contributed by atoms with Crippen molar-refractivity contribution >= 4 is 17.5 Å². The summed E-state index contributed by atoms with van der Waals surface area (Å²) in [6, 6.07) is 4.67. The molecule has 1 N–H and O–H groups in total. The van der Waals surface area contributed by atoms with Gasteiger partial charge in [0.2, 0.25) is 0 Å². The Morgan fingerprint density at radius 1 is 1.38 bits per heavy atom. The summed E-state index contributed by atoms with van der Waals surface area (Å²) in [6.45, 7) is 1.89. The maximum Gasteiger partial charge on any atom is 0.409 e. The zero-order valence-electron chi connectivity index (χ0n) is 11.7. The molecule has 0 aromatic heterocycles. The van der Waals surface area contributed by atoms with Crippen molar-refractivity contribution in [3.8, 4) is 0 Å². The van der Waals surface area contributed by atoms with Gasteiger partial charge in [0.05, 0.1) is 24.2 Å². The molecule has 0 spiro atoms. The number of hydrogen-bond donors (Lipinski definition) is 1. The third kappa shape index (κ3) is 3.22. The molecular formula is C13H17N3O5. The molecule has 1 aromatic carbocycles. The third-order valence-corrected chi connectivity index (χ3v) is 3.51. The van der Waals surface area contributed by atoms with Crippen molar-refractivity contribution in [3.63, 3.8) is 0 Å². The summed E-state index contributed by atoms with van der Waals surface area (Å²) in [5.41, 5.74) is 0.997. The highest BCUT2D eigenvalue weighted by Gasteiger charge is 2.23. The third-order valence-electron chi connectivity index (χ3n) is 3.51. The Hall–Kier alpha value is -2.35. The molecule has 1 aliphatic rings. The number of aliphatic hydroxyl groups is 1. The SMILES string of the molecule is COC(=O)N1CCN(c2ccc([N+](=O)[O-])c(CO)c2)CC1. The molecule has 21 heavy (non-hydrogen) atoms. The minimum atomic E-state index is -0.509. The van der Waals surface area contributed by atoms with E-state index < -0.39 is 4.92 Å².